The number of aromatic carboxylic acids is 1. The Morgan fingerprint density at radius 2 is 1.90 bits per heavy atom. The molecule has 2 heterocycles. The Hall–Kier alpha value is -2.77. The fraction of sp³-hybridized carbons (Fsp3) is 0.308. The molecule has 0 aliphatic carbocycles. The van der Waals surface area contributed by atoms with Gasteiger partial charge in [0, 0.05) is 6.92 Å². The zero-order valence-corrected chi connectivity index (χ0v) is 11.7. The molecular formula is C13H14N4O4. The Kier molecular flexibility index (Phi) is 3.70. The lowest BCUT2D eigenvalue weighted by Crippen LogP contribution is -2.42. The summed E-state index contributed by atoms with van der Waals surface area (Å²) in [6, 6.07) is 4.20. The molecule has 2 N–H and O–H groups in total. The molecule has 0 spiro atoms. The van der Waals surface area contributed by atoms with E-state index < -0.39 is 17.4 Å². The van der Waals surface area contributed by atoms with Crippen molar-refractivity contribution in [2.75, 3.05) is 0 Å². The predicted molar refractivity (Wildman–Crippen MR) is 70.7 cm³/mol. The second-order valence-corrected chi connectivity index (χ2v) is 4.93. The first-order chi connectivity index (χ1) is 9.79. The van der Waals surface area contributed by atoms with Crippen molar-refractivity contribution >= 4 is 11.9 Å². The fourth-order valence-electron chi connectivity index (χ4n) is 1.64. The van der Waals surface area contributed by atoms with Gasteiger partial charge in [-0.3, -0.25) is 4.79 Å². The Balaban J connectivity index is 2.21. The largest absolute Gasteiger partial charge is 0.477 e. The average molecular weight is 290 g/mol. The van der Waals surface area contributed by atoms with Gasteiger partial charge in [-0.15, -0.1) is 0 Å². The van der Waals surface area contributed by atoms with Gasteiger partial charge in [-0.25, -0.2) is 9.78 Å². The van der Waals surface area contributed by atoms with Gasteiger partial charge in [-0.05, 0) is 26.0 Å². The van der Waals surface area contributed by atoms with E-state index in [-0.39, 0.29) is 11.4 Å². The number of amides is 1. The Bertz CT molecular complexity index is 693. The van der Waals surface area contributed by atoms with Crippen molar-refractivity contribution in [3.63, 3.8) is 0 Å². The highest BCUT2D eigenvalue weighted by atomic mass is 16.5. The highest BCUT2D eigenvalue weighted by Gasteiger charge is 2.29. The highest BCUT2D eigenvalue weighted by molar-refractivity contribution is 5.94. The minimum atomic E-state index is -1.20. The molecule has 2 rings (SSSR count). The number of nitrogens with zero attached hydrogens (tertiary/aromatic N) is 3. The van der Waals surface area contributed by atoms with E-state index in [1.54, 1.807) is 20.8 Å². The molecule has 0 aliphatic rings. The van der Waals surface area contributed by atoms with Crippen LogP contribution in [0.3, 0.4) is 0 Å². The minimum Gasteiger partial charge on any atom is -0.477 e. The number of carboxylic acids is 1. The van der Waals surface area contributed by atoms with Crippen LogP contribution in [0.2, 0.25) is 0 Å². The smallest absolute Gasteiger partial charge is 0.354 e. The van der Waals surface area contributed by atoms with E-state index in [0.717, 1.165) is 0 Å². The molecule has 8 nitrogen and oxygen atoms in total. The van der Waals surface area contributed by atoms with E-state index in [9.17, 15) is 9.59 Å². The maximum atomic E-state index is 12.2. The van der Waals surface area contributed by atoms with Crippen molar-refractivity contribution in [3.8, 4) is 0 Å². The van der Waals surface area contributed by atoms with Crippen LogP contribution in [0.1, 0.15) is 46.5 Å². The van der Waals surface area contributed by atoms with Gasteiger partial charge in [-0.1, -0.05) is 11.2 Å². The van der Waals surface area contributed by atoms with Crippen LogP contribution < -0.4 is 5.32 Å². The quantitative estimate of drug-likeness (QED) is 0.866. The number of rotatable bonds is 4. The van der Waals surface area contributed by atoms with Crippen LogP contribution in [-0.4, -0.2) is 32.1 Å². The molecule has 21 heavy (non-hydrogen) atoms. The molecule has 8 heteroatoms. The summed E-state index contributed by atoms with van der Waals surface area (Å²) in [6.07, 6.45) is 0. The Labute approximate surface area is 120 Å². The minimum absolute atomic E-state index is 0.00296. The summed E-state index contributed by atoms with van der Waals surface area (Å²) < 4.78 is 4.88. The van der Waals surface area contributed by atoms with E-state index in [2.05, 4.69) is 20.4 Å². The molecule has 0 radical (unpaired) electrons. The van der Waals surface area contributed by atoms with Crippen LogP contribution in [0.5, 0.6) is 0 Å². The van der Waals surface area contributed by atoms with E-state index in [4.69, 9.17) is 9.63 Å². The maximum Gasteiger partial charge on any atom is 0.354 e. The average Bonchev–Trinajstić information content (AvgIpc) is 2.86. The Morgan fingerprint density at radius 1 is 1.24 bits per heavy atom. The van der Waals surface area contributed by atoms with Crippen molar-refractivity contribution in [2.45, 2.75) is 26.3 Å². The van der Waals surface area contributed by atoms with Crippen molar-refractivity contribution < 1.29 is 19.2 Å². The summed E-state index contributed by atoms with van der Waals surface area (Å²) in [5.41, 5.74) is -1.07. The monoisotopic (exact) mass is 290 g/mol. The summed E-state index contributed by atoms with van der Waals surface area (Å²) >= 11 is 0. The standard InChI is InChI=1S/C13H14N4O4/c1-7-14-12(17-21-7)13(2,3)16-10(18)8-5-4-6-9(15-8)11(19)20/h4-6H,1-3H3,(H,16,18)(H,19,20). The van der Waals surface area contributed by atoms with Crippen LogP contribution in [0.4, 0.5) is 0 Å². The van der Waals surface area contributed by atoms with Gasteiger partial charge in [0.1, 0.15) is 11.4 Å². The van der Waals surface area contributed by atoms with E-state index in [1.807, 2.05) is 0 Å². The number of aryl methyl sites for hydroxylation is 1. The molecule has 2 aromatic rings. The van der Waals surface area contributed by atoms with Crippen molar-refractivity contribution in [1.82, 2.24) is 20.4 Å². The second-order valence-electron chi connectivity index (χ2n) is 4.93. The van der Waals surface area contributed by atoms with Gasteiger partial charge >= 0.3 is 5.97 Å². The molecule has 0 bridgehead atoms. The topological polar surface area (TPSA) is 118 Å². The third-order valence-electron chi connectivity index (χ3n) is 2.71. The van der Waals surface area contributed by atoms with Crippen molar-refractivity contribution in [1.29, 1.82) is 0 Å². The van der Waals surface area contributed by atoms with Gasteiger partial charge in [0.05, 0.1) is 5.54 Å². The SMILES string of the molecule is Cc1nc(C(C)(C)NC(=O)c2cccc(C(=O)O)n2)no1. The number of carbonyl (C=O) groups is 2. The molecule has 0 saturated heterocycles. The molecule has 1 amide bonds. The van der Waals surface area contributed by atoms with Gasteiger partial charge in [0.2, 0.25) is 5.89 Å². The van der Waals surface area contributed by atoms with Crippen LogP contribution in [0.25, 0.3) is 0 Å². The maximum absolute atomic E-state index is 12.2. The number of nitrogens with one attached hydrogen (secondary N) is 1. The number of carboxylic acid groups (broad SMARTS) is 1. The fourth-order valence-corrected chi connectivity index (χ4v) is 1.64. The highest BCUT2D eigenvalue weighted by Crippen LogP contribution is 2.17. The third-order valence-corrected chi connectivity index (χ3v) is 2.71. The molecule has 0 saturated carbocycles. The summed E-state index contributed by atoms with van der Waals surface area (Å²) in [5.74, 6) is -1.01. The molecule has 0 atom stereocenters. The Morgan fingerprint density at radius 3 is 2.48 bits per heavy atom. The molecular weight excluding hydrogens is 276 g/mol. The van der Waals surface area contributed by atoms with E-state index >= 15 is 0 Å². The number of pyridine rings is 1. The molecule has 0 fully saturated rings. The first-order valence-corrected chi connectivity index (χ1v) is 6.13. The number of aromatic nitrogens is 3. The lowest BCUT2D eigenvalue weighted by molar-refractivity contribution is 0.0690. The summed E-state index contributed by atoms with van der Waals surface area (Å²) in [4.78, 5) is 30.9. The van der Waals surface area contributed by atoms with Gasteiger partial charge < -0.3 is 14.9 Å². The molecule has 0 aliphatic heterocycles. The van der Waals surface area contributed by atoms with E-state index in [0.29, 0.717) is 11.7 Å². The van der Waals surface area contributed by atoms with Gasteiger partial charge in [-0.2, -0.15) is 4.98 Å². The van der Waals surface area contributed by atoms with Crippen molar-refractivity contribution in [3.05, 3.63) is 41.3 Å². The summed E-state index contributed by atoms with van der Waals surface area (Å²) in [6.45, 7) is 5.05. The third kappa shape index (κ3) is 3.22. The number of carbonyl (C=O) groups excluding carboxylic acids is 1. The van der Waals surface area contributed by atoms with Crippen LogP contribution in [-0.2, 0) is 5.54 Å². The van der Waals surface area contributed by atoms with Crippen LogP contribution in [0, 0.1) is 6.92 Å². The second kappa shape index (κ2) is 5.31. The van der Waals surface area contributed by atoms with Gasteiger partial charge in [0.25, 0.3) is 5.91 Å². The normalized spacial score (nSPS) is 11.2. The van der Waals surface area contributed by atoms with Crippen LogP contribution in [0.15, 0.2) is 22.7 Å². The summed E-state index contributed by atoms with van der Waals surface area (Å²) in [5, 5.41) is 15.3. The lowest BCUT2D eigenvalue weighted by Gasteiger charge is -2.22. The first-order valence-electron chi connectivity index (χ1n) is 6.13. The van der Waals surface area contributed by atoms with E-state index in [1.165, 1.54) is 18.2 Å². The molecule has 2 aromatic heterocycles. The lowest BCUT2D eigenvalue weighted by atomic mass is 10.0. The van der Waals surface area contributed by atoms with Gasteiger partial charge in [0.15, 0.2) is 5.82 Å². The van der Waals surface area contributed by atoms with Crippen LogP contribution >= 0.6 is 0 Å². The first kappa shape index (κ1) is 14.6. The summed E-state index contributed by atoms with van der Waals surface area (Å²) in [7, 11) is 0. The zero-order valence-electron chi connectivity index (χ0n) is 11.7. The number of hydrogen-bond donors (Lipinski definition) is 2. The predicted octanol–water partition coefficient (Wildman–Crippen LogP) is 1.14. The molecule has 0 aromatic carbocycles. The van der Waals surface area contributed by atoms with Crippen molar-refractivity contribution in [2.24, 2.45) is 0 Å². The molecule has 0 unspecified atom stereocenters. The zero-order chi connectivity index (χ0) is 15.6. The number of hydrogen-bond acceptors (Lipinski definition) is 6. The molecule has 110 valence electrons.